The number of hydrogen-bond donors (Lipinski definition) is 2. The molecule has 7 heteroatoms. The van der Waals surface area contributed by atoms with Crippen molar-refractivity contribution < 1.29 is 4.39 Å². The summed E-state index contributed by atoms with van der Waals surface area (Å²) in [5, 5.41) is 7.04. The van der Waals surface area contributed by atoms with Crippen molar-refractivity contribution in [3.8, 4) is 0 Å². The van der Waals surface area contributed by atoms with Crippen molar-refractivity contribution in [2.45, 2.75) is 41.9 Å². The summed E-state index contributed by atoms with van der Waals surface area (Å²) < 4.78 is 15.5. The Labute approximate surface area is 119 Å². The summed E-state index contributed by atoms with van der Waals surface area (Å²) in [6.07, 6.45) is 1.96. The Morgan fingerprint density at radius 3 is 2.95 bits per heavy atom. The Morgan fingerprint density at radius 2 is 2.30 bits per heavy atom. The first kappa shape index (κ1) is 13.4. The zero-order valence-corrected chi connectivity index (χ0v) is 11.8. The highest BCUT2D eigenvalue weighted by Gasteiger charge is 2.29. The Hall–Kier alpha value is -1.60. The predicted octanol–water partition coefficient (Wildman–Crippen LogP) is 2.22. The standard InChI is InChI=1S/C13H15FN4OS/c1-7(15)11-9(14)3-2-4-10(11)20-13-17-16-12(19)18(13)8-5-6-8/h2-4,7-8H,5-6,15H2,1H3,(H,16,19)/t7-/m1/s1. The van der Waals surface area contributed by atoms with Gasteiger partial charge in [-0.25, -0.2) is 14.3 Å². The minimum atomic E-state index is -0.418. The Bertz CT molecular complexity index is 690. The van der Waals surface area contributed by atoms with E-state index in [0.717, 1.165) is 12.8 Å². The first-order valence-corrected chi connectivity index (χ1v) is 7.28. The summed E-state index contributed by atoms with van der Waals surface area (Å²) in [5.41, 5.74) is 6.07. The van der Waals surface area contributed by atoms with Crippen LogP contribution in [0, 0.1) is 5.82 Å². The van der Waals surface area contributed by atoms with Gasteiger partial charge < -0.3 is 5.73 Å². The average Bonchev–Trinajstić information content (AvgIpc) is 3.15. The summed E-state index contributed by atoms with van der Waals surface area (Å²) in [4.78, 5) is 12.4. The summed E-state index contributed by atoms with van der Waals surface area (Å²) in [7, 11) is 0. The number of aromatic amines is 1. The fourth-order valence-corrected chi connectivity index (χ4v) is 3.32. The van der Waals surface area contributed by atoms with E-state index < -0.39 is 6.04 Å². The number of H-pyrrole nitrogens is 1. The molecular formula is C13H15FN4OS. The highest BCUT2D eigenvalue weighted by atomic mass is 32.2. The highest BCUT2D eigenvalue weighted by molar-refractivity contribution is 7.99. The molecule has 3 rings (SSSR count). The number of halogens is 1. The zero-order valence-electron chi connectivity index (χ0n) is 11.0. The van der Waals surface area contributed by atoms with Crippen LogP contribution in [0.1, 0.15) is 37.4 Å². The van der Waals surface area contributed by atoms with Crippen molar-refractivity contribution in [3.63, 3.8) is 0 Å². The third kappa shape index (κ3) is 2.38. The van der Waals surface area contributed by atoms with E-state index in [1.54, 1.807) is 23.6 Å². The van der Waals surface area contributed by atoms with Crippen molar-refractivity contribution >= 4 is 11.8 Å². The minimum Gasteiger partial charge on any atom is -0.324 e. The van der Waals surface area contributed by atoms with Gasteiger partial charge in [0, 0.05) is 22.5 Å². The van der Waals surface area contributed by atoms with Gasteiger partial charge in [0.2, 0.25) is 0 Å². The molecule has 1 aliphatic carbocycles. The fourth-order valence-electron chi connectivity index (χ4n) is 2.16. The summed E-state index contributed by atoms with van der Waals surface area (Å²) in [6.45, 7) is 1.74. The van der Waals surface area contributed by atoms with E-state index in [2.05, 4.69) is 10.2 Å². The number of nitrogens with one attached hydrogen (secondary N) is 1. The van der Waals surface area contributed by atoms with Gasteiger partial charge >= 0.3 is 5.69 Å². The minimum absolute atomic E-state index is 0.214. The van der Waals surface area contributed by atoms with Gasteiger partial charge in [0.15, 0.2) is 5.16 Å². The van der Waals surface area contributed by atoms with Crippen LogP contribution in [0.4, 0.5) is 4.39 Å². The first-order chi connectivity index (χ1) is 9.58. The van der Waals surface area contributed by atoms with Gasteiger partial charge in [-0.05, 0) is 43.7 Å². The molecule has 0 spiro atoms. The van der Waals surface area contributed by atoms with E-state index in [-0.39, 0.29) is 17.5 Å². The molecule has 1 saturated carbocycles. The second-order valence-corrected chi connectivity index (χ2v) is 5.96. The number of hydrogen-bond acceptors (Lipinski definition) is 4. The fraction of sp³-hybridized carbons (Fsp3) is 0.385. The number of aromatic nitrogens is 3. The second-order valence-electron chi connectivity index (χ2n) is 4.95. The summed E-state index contributed by atoms with van der Waals surface area (Å²) in [6, 6.07) is 4.62. The summed E-state index contributed by atoms with van der Waals surface area (Å²) >= 11 is 1.27. The quantitative estimate of drug-likeness (QED) is 0.906. The van der Waals surface area contributed by atoms with Crippen LogP contribution < -0.4 is 11.4 Å². The van der Waals surface area contributed by atoms with Crippen molar-refractivity contribution in [2.24, 2.45) is 5.73 Å². The lowest BCUT2D eigenvalue weighted by atomic mass is 10.1. The van der Waals surface area contributed by atoms with Crippen molar-refractivity contribution in [2.75, 3.05) is 0 Å². The van der Waals surface area contributed by atoms with E-state index in [1.165, 1.54) is 17.8 Å². The van der Waals surface area contributed by atoms with Crippen LogP contribution in [0.3, 0.4) is 0 Å². The lowest BCUT2D eigenvalue weighted by Crippen LogP contribution is -2.16. The molecule has 1 aliphatic rings. The third-order valence-corrected chi connectivity index (χ3v) is 4.30. The van der Waals surface area contributed by atoms with Gasteiger partial charge in [0.1, 0.15) is 5.82 Å². The molecule has 0 bridgehead atoms. The van der Waals surface area contributed by atoms with E-state index >= 15 is 0 Å². The molecular weight excluding hydrogens is 279 g/mol. The van der Waals surface area contributed by atoms with Gasteiger partial charge in [-0.2, -0.15) is 0 Å². The topological polar surface area (TPSA) is 76.7 Å². The lowest BCUT2D eigenvalue weighted by molar-refractivity contribution is 0.585. The Kier molecular flexibility index (Phi) is 3.39. The predicted molar refractivity (Wildman–Crippen MR) is 74.2 cm³/mol. The molecule has 20 heavy (non-hydrogen) atoms. The molecule has 0 aliphatic heterocycles. The lowest BCUT2D eigenvalue weighted by Gasteiger charge is -2.13. The number of nitrogens with two attached hydrogens (primary N) is 1. The third-order valence-electron chi connectivity index (χ3n) is 3.25. The summed E-state index contributed by atoms with van der Waals surface area (Å²) in [5.74, 6) is -0.333. The van der Waals surface area contributed by atoms with Gasteiger partial charge in [0.25, 0.3) is 0 Å². The van der Waals surface area contributed by atoms with Crippen LogP contribution in [0.25, 0.3) is 0 Å². The molecule has 5 nitrogen and oxygen atoms in total. The molecule has 0 amide bonds. The SMILES string of the molecule is C[C@@H](N)c1c(F)cccc1Sc1n[nH]c(=O)n1C1CC1. The Morgan fingerprint density at radius 1 is 1.55 bits per heavy atom. The van der Waals surface area contributed by atoms with Crippen LogP contribution in [0.2, 0.25) is 0 Å². The molecule has 1 atom stereocenters. The largest absolute Gasteiger partial charge is 0.344 e. The molecule has 1 aromatic heterocycles. The first-order valence-electron chi connectivity index (χ1n) is 6.46. The van der Waals surface area contributed by atoms with Crippen LogP contribution >= 0.6 is 11.8 Å². The average molecular weight is 294 g/mol. The molecule has 1 heterocycles. The van der Waals surface area contributed by atoms with Crippen LogP contribution in [0.15, 0.2) is 33.0 Å². The van der Waals surface area contributed by atoms with Gasteiger partial charge in [-0.3, -0.25) is 4.57 Å². The van der Waals surface area contributed by atoms with Crippen LogP contribution in [0.5, 0.6) is 0 Å². The van der Waals surface area contributed by atoms with Gasteiger partial charge in [-0.1, -0.05) is 6.07 Å². The molecule has 3 N–H and O–H groups in total. The molecule has 0 radical (unpaired) electrons. The monoisotopic (exact) mass is 294 g/mol. The van der Waals surface area contributed by atoms with Crippen LogP contribution in [-0.2, 0) is 0 Å². The van der Waals surface area contributed by atoms with Crippen molar-refractivity contribution in [1.82, 2.24) is 14.8 Å². The van der Waals surface area contributed by atoms with Gasteiger partial charge in [-0.15, -0.1) is 5.10 Å². The van der Waals surface area contributed by atoms with Gasteiger partial charge in [0.05, 0.1) is 0 Å². The second kappa shape index (κ2) is 5.06. The van der Waals surface area contributed by atoms with E-state index in [9.17, 15) is 9.18 Å². The smallest absolute Gasteiger partial charge is 0.324 e. The Balaban J connectivity index is 2.00. The maximum atomic E-state index is 13.9. The number of rotatable bonds is 4. The molecule has 106 valence electrons. The van der Waals surface area contributed by atoms with E-state index in [4.69, 9.17) is 5.73 Å². The van der Waals surface area contributed by atoms with Crippen molar-refractivity contribution in [3.05, 3.63) is 40.1 Å². The normalized spacial score (nSPS) is 16.4. The molecule has 2 aromatic rings. The zero-order chi connectivity index (χ0) is 14.3. The molecule has 0 saturated heterocycles. The van der Waals surface area contributed by atoms with E-state index in [1.807, 2.05) is 0 Å². The number of nitrogens with zero attached hydrogens (tertiary/aromatic N) is 2. The molecule has 1 aromatic carbocycles. The maximum Gasteiger partial charge on any atom is 0.344 e. The molecule has 1 fully saturated rings. The van der Waals surface area contributed by atoms with Crippen LogP contribution in [-0.4, -0.2) is 14.8 Å². The maximum absolute atomic E-state index is 13.9. The van der Waals surface area contributed by atoms with E-state index in [0.29, 0.717) is 15.6 Å². The highest BCUT2D eigenvalue weighted by Crippen LogP contribution is 2.39. The molecule has 0 unspecified atom stereocenters. The van der Waals surface area contributed by atoms with Crippen molar-refractivity contribution in [1.29, 1.82) is 0 Å². The number of benzene rings is 1.